The fourth-order valence-corrected chi connectivity index (χ4v) is 2.89. The second kappa shape index (κ2) is 9.30. The van der Waals surface area contributed by atoms with E-state index in [9.17, 15) is 9.59 Å². The molecule has 2 rings (SSSR count). The van der Waals surface area contributed by atoms with E-state index in [1.54, 1.807) is 6.92 Å². The highest BCUT2D eigenvalue weighted by molar-refractivity contribution is 5.78. The Morgan fingerprint density at radius 2 is 2.13 bits per heavy atom. The Kier molecular flexibility index (Phi) is 7.07. The van der Waals surface area contributed by atoms with Gasteiger partial charge in [-0.15, -0.1) is 0 Å². The molecule has 0 saturated carbocycles. The maximum atomic E-state index is 12.2. The standard InChI is InChI=1S/C18H26N2O3/c1-2-23-18(22)12-16(15-6-4-3-5-7-15)20-17(21)9-8-14-10-11-19-13-14/h3-7,14,16,19H,2,8-13H2,1H3,(H,20,21). The summed E-state index contributed by atoms with van der Waals surface area (Å²) in [6.07, 6.45) is 2.69. The summed E-state index contributed by atoms with van der Waals surface area (Å²) in [5, 5.41) is 6.30. The zero-order chi connectivity index (χ0) is 16.5. The van der Waals surface area contributed by atoms with Crippen LogP contribution in [0, 0.1) is 5.92 Å². The summed E-state index contributed by atoms with van der Waals surface area (Å²) in [5.41, 5.74) is 0.927. The second-order valence-electron chi connectivity index (χ2n) is 5.94. The van der Waals surface area contributed by atoms with E-state index in [0.29, 0.717) is 18.9 Å². The Morgan fingerprint density at radius 1 is 1.35 bits per heavy atom. The van der Waals surface area contributed by atoms with Gasteiger partial charge in [0.25, 0.3) is 0 Å². The Morgan fingerprint density at radius 3 is 2.78 bits per heavy atom. The summed E-state index contributed by atoms with van der Waals surface area (Å²) in [4.78, 5) is 24.0. The molecule has 1 aliphatic rings. The van der Waals surface area contributed by atoms with E-state index in [4.69, 9.17) is 4.74 Å². The van der Waals surface area contributed by atoms with Crippen molar-refractivity contribution in [3.63, 3.8) is 0 Å². The van der Waals surface area contributed by atoms with E-state index in [1.165, 1.54) is 0 Å². The van der Waals surface area contributed by atoms with Gasteiger partial charge in [0.05, 0.1) is 19.1 Å². The molecule has 5 nitrogen and oxygen atoms in total. The monoisotopic (exact) mass is 318 g/mol. The number of hydrogen-bond acceptors (Lipinski definition) is 4. The lowest BCUT2D eigenvalue weighted by atomic mass is 10.0. The van der Waals surface area contributed by atoms with Crippen molar-refractivity contribution in [3.05, 3.63) is 35.9 Å². The minimum Gasteiger partial charge on any atom is -0.466 e. The van der Waals surface area contributed by atoms with Gasteiger partial charge in [0, 0.05) is 6.42 Å². The van der Waals surface area contributed by atoms with Crippen molar-refractivity contribution < 1.29 is 14.3 Å². The van der Waals surface area contributed by atoms with Crippen LogP contribution in [0.3, 0.4) is 0 Å². The molecule has 1 aliphatic heterocycles. The third-order valence-corrected chi connectivity index (χ3v) is 4.16. The Hall–Kier alpha value is -1.88. The molecule has 23 heavy (non-hydrogen) atoms. The number of hydrogen-bond donors (Lipinski definition) is 2. The summed E-state index contributed by atoms with van der Waals surface area (Å²) < 4.78 is 5.02. The van der Waals surface area contributed by atoms with Crippen molar-refractivity contribution in [2.45, 2.75) is 38.6 Å². The Balaban J connectivity index is 1.90. The number of carbonyl (C=O) groups excluding carboxylic acids is 2. The topological polar surface area (TPSA) is 67.4 Å². The highest BCUT2D eigenvalue weighted by Crippen LogP contribution is 2.19. The molecule has 0 radical (unpaired) electrons. The van der Waals surface area contributed by atoms with E-state index < -0.39 is 0 Å². The molecule has 0 aromatic heterocycles. The largest absolute Gasteiger partial charge is 0.466 e. The van der Waals surface area contributed by atoms with Crippen LogP contribution in [0.25, 0.3) is 0 Å². The molecule has 1 saturated heterocycles. The van der Waals surface area contributed by atoms with E-state index in [-0.39, 0.29) is 24.3 Å². The minimum absolute atomic E-state index is 0.00458. The predicted molar refractivity (Wildman–Crippen MR) is 88.8 cm³/mol. The van der Waals surface area contributed by atoms with E-state index in [0.717, 1.165) is 31.5 Å². The predicted octanol–water partition coefficient (Wildman–Crippen LogP) is 2.19. The molecule has 1 fully saturated rings. The molecule has 1 amide bonds. The van der Waals surface area contributed by atoms with Crippen molar-refractivity contribution >= 4 is 11.9 Å². The first-order chi connectivity index (χ1) is 11.2. The molecule has 2 unspecified atom stereocenters. The second-order valence-corrected chi connectivity index (χ2v) is 5.94. The molecule has 1 aromatic carbocycles. The van der Waals surface area contributed by atoms with Gasteiger partial charge in [0.1, 0.15) is 0 Å². The summed E-state index contributed by atoms with van der Waals surface area (Å²) in [5.74, 6) is 0.290. The van der Waals surface area contributed by atoms with Gasteiger partial charge >= 0.3 is 5.97 Å². The quantitative estimate of drug-likeness (QED) is 0.721. The van der Waals surface area contributed by atoms with Gasteiger partial charge in [-0.1, -0.05) is 30.3 Å². The van der Waals surface area contributed by atoms with Gasteiger partial charge in [-0.2, -0.15) is 0 Å². The first-order valence-corrected chi connectivity index (χ1v) is 8.39. The molecule has 0 bridgehead atoms. The lowest BCUT2D eigenvalue weighted by molar-refractivity contribution is -0.143. The highest BCUT2D eigenvalue weighted by atomic mass is 16.5. The zero-order valence-electron chi connectivity index (χ0n) is 13.7. The average molecular weight is 318 g/mol. The average Bonchev–Trinajstić information content (AvgIpc) is 3.07. The first-order valence-electron chi connectivity index (χ1n) is 8.39. The summed E-state index contributed by atoms with van der Waals surface area (Å²) in [6, 6.07) is 9.24. The van der Waals surface area contributed by atoms with Crippen LogP contribution in [0.4, 0.5) is 0 Å². The van der Waals surface area contributed by atoms with Crippen LogP contribution in [-0.2, 0) is 14.3 Å². The van der Waals surface area contributed by atoms with Gasteiger partial charge in [0.15, 0.2) is 0 Å². The molecule has 2 atom stereocenters. The van der Waals surface area contributed by atoms with Crippen LogP contribution in [0.1, 0.15) is 44.2 Å². The maximum Gasteiger partial charge on any atom is 0.308 e. The maximum absolute atomic E-state index is 12.2. The third kappa shape index (κ3) is 6.02. The summed E-state index contributed by atoms with van der Waals surface area (Å²) in [6.45, 7) is 4.17. The van der Waals surface area contributed by atoms with Crippen molar-refractivity contribution in [2.24, 2.45) is 5.92 Å². The third-order valence-electron chi connectivity index (χ3n) is 4.16. The molecule has 0 aliphatic carbocycles. The van der Waals surface area contributed by atoms with Gasteiger partial charge in [-0.25, -0.2) is 0 Å². The molecule has 1 heterocycles. The fourth-order valence-electron chi connectivity index (χ4n) is 2.89. The van der Waals surface area contributed by atoms with Crippen LogP contribution < -0.4 is 10.6 Å². The van der Waals surface area contributed by atoms with Gasteiger partial charge in [-0.3, -0.25) is 9.59 Å². The minimum atomic E-state index is -0.329. The number of ether oxygens (including phenoxy) is 1. The van der Waals surface area contributed by atoms with Crippen molar-refractivity contribution in [2.75, 3.05) is 19.7 Å². The smallest absolute Gasteiger partial charge is 0.308 e. The zero-order valence-corrected chi connectivity index (χ0v) is 13.7. The van der Waals surface area contributed by atoms with E-state index >= 15 is 0 Å². The van der Waals surface area contributed by atoms with Crippen LogP contribution in [0.5, 0.6) is 0 Å². The molecule has 126 valence electrons. The van der Waals surface area contributed by atoms with Gasteiger partial charge in [0.2, 0.25) is 5.91 Å². The van der Waals surface area contributed by atoms with Crippen molar-refractivity contribution in [1.29, 1.82) is 0 Å². The van der Waals surface area contributed by atoms with Crippen LogP contribution >= 0.6 is 0 Å². The SMILES string of the molecule is CCOC(=O)CC(NC(=O)CCC1CCNC1)c1ccccc1. The van der Waals surface area contributed by atoms with E-state index in [2.05, 4.69) is 10.6 Å². The number of carbonyl (C=O) groups is 2. The van der Waals surface area contributed by atoms with E-state index in [1.807, 2.05) is 30.3 Å². The van der Waals surface area contributed by atoms with Crippen LogP contribution in [-0.4, -0.2) is 31.6 Å². The van der Waals surface area contributed by atoms with Gasteiger partial charge in [-0.05, 0) is 44.3 Å². The van der Waals surface area contributed by atoms with Crippen LogP contribution in [0.2, 0.25) is 0 Å². The lowest BCUT2D eigenvalue weighted by Gasteiger charge is -2.19. The summed E-state index contributed by atoms with van der Waals surface area (Å²) >= 11 is 0. The van der Waals surface area contributed by atoms with Crippen LogP contribution in [0.15, 0.2) is 30.3 Å². The van der Waals surface area contributed by atoms with Gasteiger partial charge < -0.3 is 15.4 Å². The van der Waals surface area contributed by atoms with Crippen molar-refractivity contribution in [3.8, 4) is 0 Å². The van der Waals surface area contributed by atoms with Crippen molar-refractivity contribution in [1.82, 2.24) is 10.6 Å². The Bertz CT molecular complexity index is 498. The normalized spacial score (nSPS) is 18.4. The molecular weight excluding hydrogens is 292 g/mol. The fraction of sp³-hybridized carbons (Fsp3) is 0.556. The Labute approximate surface area is 137 Å². The lowest BCUT2D eigenvalue weighted by Crippen LogP contribution is -2.31. The summed E-state index contributed by atoms with van der Waals surface area (Å²) in [7, 11) is 0. The molecular formula is C18H26N2O3. The first kappa shape index (κ1) is 17.5. The molecule has 1 aromatic rings. The number of esters is 1. The molecule has 0 spiro atoms. The molecule has 5 heteroatoms. The number of benzene rings is 1. The molecule has 2 N–H and O–H groups in total. The highest BCUT2D eigenvalue weighted by Gasteiger charge is 2.20. The number of rotatable bonds is 8. The number of amides is 1. The number of nitrogens with one attached hydrogen (secondary N) is 2.